The first kappa shape index (κ1) is 38.5. The molecule has 12 aromatic carbocycles. The summed E-state index contributed by atoms with van der Waals surface area (Å²) in [5, 5.41) is 10.2. The van der Waals surface area contributed by atoms with E-state index in [9.17, 15) is 0 Å². The summed E-state index contributed by atoms with van der Waals surface area (Å²) in [4.78, 5) is 2.56. The minimum Gasteiger partial charge on any atom is -0.310 e. The predicted molar refractivity (Wildman–Crippen MR) is 294 cm³/mol. The van der Waals surface area contributed by atoms with E-state index < -0.39 is 5.41 Å². The Hall–Kier alpha value is -8.56. The van der Waals surface area contributed by atoms with Crippen molar-refractivity contribution < 1.29 is 0 Å². The second-order valence-corrected chi connectivity index (χ2v) is 19.8. The molecule has 0 fully saturated rings. The maximum Gasteiger partial charge on any atom is 0.0726 e. The van der Waals surface area contributed by atoms with Crippen LogP contribution in [0.3, 0.4) is 0 Å². The van der Waals surface area contributed by atoms with Crippen molar-refractivity contribution in [3.8, 4) is 44.5 Å². The Kier molecular flexibility index (Phi) is 8.22. The second-order valence-electron chi connectivity index (χ2n) is 18.7. The molecule has 0 radical (unpaired) electrons. The van der Waals surface area contributed by atoms with Gasteiger partial charge in [-0.3, -0.25) is 0 Å². The molecule has 13 aromatic rings. The van der Waals surface area contributed by atoms with Crippen LogP contribution >= 0.6 is 11.3 Å². The van der Waals surface area contributed by atoms with E-state index in [1.165, 1.54) is 119 Å². The monoisotopic (exact) mass is 891 g/mol. The Bertz CT molecular complexity index is 4190. The Morgan fingerprint density at radius 2 is 0.768 bits per heavy atom. The van der Waals surface area contributed by atoms with E-state index in [-0.39, 0.29) is 0 Å². The van der Waals surface area contributed by atoms with E-state index in [0.29, 0.717) is 0 Å². The van der Waals surface area contributed by atoms with Crippen LogP contribution in [0, 0.1) is 0 Å². The van der Waals surface area contributed by atoms with Crippen molar-refractivity contribution >= 4 is 80.9 Å². The molecule has 0 atom stereocenters. The van der Waals surface area contributed by atoms with Crippen molar-refractivity contribution in [3.63, 3.8) is 0 Å². The van der Waals surface area contributed by atoms with Gasteiger partial charge in [0.05, 0.1) is 11.1 Å². The molecule has 15 rings (SSSR count). The standard InChI is InChI=1S/C67H41NS/c1-2-17-42(18-3-1)43-19-16-20-45(37-43)68(46-34-36-51-49-23-5-4-21-47(49)48-22-6-7-24-50(48)58(51)39-46)64-41-63-59(40-57(64)44-33-35-56-55-28-11-15-32-65(55)69-66(56)38-44)54-27-10-14-31-62(54)67(63)60-29-12-8-25-52(60)53-26-9-13-30-61(53)67/h1-41H. The highest BCUT2D eigenvalue weighted by molar-refractivity contribution is 7.25. The van der Waals surface area contributed by atoms with Crippen LogP contribution in [0.1, 0.15) is 22.3 Å². The van der Waals surface area contributed by atoms with Crippen molar-refractivity contribution in [2.75, 3.05) is 4.90 Å². The molecule has 2 aliphatic rings. The van der Waals surface area contributed by atoms with Gasteiger partial charge in [0.15, 0.2) is 0 Å². The normalized spacial score (nSPS) is 13.0. The maximum atomic E-state index is 2.58. The Labute approximate surface area is 404 Å². The number of rotatable bonds is 5. The van der Waals surface area contributed by atoms with E-state index in [1.807, 2.05) is 11.3 Å². The lowest BCUT2D eigenvalue weighted by Gasteiger charge is -2.33. The van der Waals surface area contributed by atoms with Crippen LogP contribution in [0.4, 0.5) is 17.1 Å². The van der Waals surface area contributed by atoms with Crippen molar-refractivity contribution in [2.24, 2.45) is 0 Å². The van der Waals surface area contributed by atoms with E-state index in [0.717, 1.165) is 17.1 Å². The van der Waals surface area contributed by atoms with Crippen LogP contribution in [-0.4, -0.2) is 0 Å². The van der Waals surface area contributed by atoms with Gasteiger partial charge in [0.1, 0.15) is 0 Å². The van der Waals surface area contributed by atoms with E-state index in [1.54, 1.807) is 0 Å². The summed E-state index contributed by atoms with van der Waals surface area (Å²) in [6.45, 7) is 0. The highest BCUT2D eigenvalue weighted by atomic mass is 32.1. The van der Waals surface area contributed by atoms with E-state index in [4.69, 9.17) is 0 Å². The second kappa shape index (κ2) is 14.7. The summed E-state index contributed by atoms with van der Waals surface area (Å²) in [5.74, 6) is 0. The van der Waals surface area contributed by atoms with Crippen LogP contribution in [0.25, 0.3) is 97.0 Å². The average Bonchev–Trinajstić information content (AvgIpc) is 4.05. The van der Waals surface area contributed by atoms with Gasteiger partial charge in [-0.1, -0.05) is 200 Å². The molecule has 2 heteroatoms. The van der Waals surface area contributed by atoms with Gasteiger partial charge in [-0.25, -0.2) is 0 Å². The molecule has 1 spiro atoms. The lowest BCUT2D eigenvalue weighted by atomic mass is 9.70. The molecule has 1 heterocycles. The summed E-state index contributed by atoms with van der Waals surface area (Å²) in [6.07, 6.45) is 0. The molecule has 0 saturated carbocycles. The van der Waals surface area contributed by atoms with Gasteiger partial charge >= 0.3 is 0 Å². The first-order valence-corrected chi connectivity index (χ1v) is 24.7. The summed E-state index contributed by atoms with van der Waals surface area (Å²) in [5.41, 5.74) is 18.1. The van der Waals surface area contributed by atoms with Crippen LogP contribution < -0.4 is 4.90 Å². The van der Waals surface area contributed by atoms with E-state index in [2.05, 4.69) is 254 Å². The molecule has 1 nitrogen and oxygen atoms in total. The van der Waals surface area contributed by atoms with Crippen molar-refractivity contribution in [2.45, 2.75) is 5.41 Å². The third kappa shape index (κ3) is 5.46. The van der Waals surface area contributed by atoms with Gasteiger partial charge < -0.3 is 4.90 Å². The molecular formula is C67H41NS. The van der Waals surface area contributed by atoms with Gasteiger partial charge in [-0.2, -0.15) is 0 Å². The number of nitrogens with zero attached hydrogens (tertiary/aromatic N) is 1. The minimum absolute atomic E-state index is 0.516. The topological polar surface area (TPSA) is 3.24 Å². The first-order valence-electron chi connectivity index (χ1n) is 23.9. The summed E-state index contributed by atoms with van der Waals surface area (Å²) in [6, 6.07) is 93.5. The Morgan fingerprint density at radius 3 is 1.45 bits per heavy atom. The Balaban J connectivity index is 1.08. The fourth-order valence-corrected chi connectivity index (χ4v) is 13.5. The van der Waals surface area contributed by atoms with Crippen molar-refractivity contribution in [1.29, 1.82) is 0 Å². The number of hydrogen-bond acceptors (Lipinski definition) is 2. The predicted octanol–water partition coefficient (Wildman–Crippen LogP) is 18.7. The first-order chi connectivity index (χ1) is 34.2. The lowest BCUT2D eigenvalue weighted by Crippen LogP contribution is -2.26. The van der Waals surface area contributed by atoms with Crippen LogP contribution in [-0.2, 0) is 5.41 Å². The zero-order valence-electron chi connectivity index (χ0n) is 37.5. The Morgan fingerprint density at radius 1 is 0.261 bits per heavy atom. The molecule has 0 bridgehead atoms. The highest BCUT2D eigenvalue weighted by Crippen LogP contribution is 2.64. The highest BCUT2D eigenvalue weighted by Gasteiger charge is 2.52. The smallest absolute Gasteiger partial charge is 0.0726 e. The molecule has 0 amide bonds. The van der Waals surface area contributed by atoms with Crippen LogP contribution in [0.15, 0.2) is 249 Å². The molecular weight excluding hydrogens is 851 g/mol. The number of fused-ring (bicyclic) bond motifs is 19. The number of benzene rings is 12. The van der Waals surface area contributed by atoms with Crippen LogP contribution in [0.2, 0.25) is 0 Å². The van der Waals surface area contributed by atoms with Gasteiger partial charge in [-0.05, 0) is 142 Å². The fourth-order valence-electron chi connectivity index (χ4n) is 12.4. The SMILES string of the molecule is c1ccc(-c2cccc(N(c3ccc4c5ccccc5c5ccccc5c4c3)c3cc4c(cc3-c3ccc5c(c3)sc3ccccc35)-c3ccccc3C43c4ccccc4-c4ccccc43)c2)cc1. The molecule has 0 unspecified atom stereocenters. The quantitative estimate of drug-likeness (QED) is 0.156. The van der Waals surface area contributed by atoms with Gasteiger partial charge in [0.25, 0.3) is 0 Å². The van der Waals surface area contributed by atoms with Crippen molar-refractivity contribution in [3.05, 3.63) is 271 Å². The molecule has 2 aliphatic carbocycles. The molecule has 320 valence electrons. The maximum absolute atomic E-state index is 2.58. The summed E-state index contributed by atoms with van der Waals surface area (Å²) >= 11 is 1.88. The largest absolute Gasteiger partial charge is 0.310 e. The van der Waals surface area contributed by atoms with Gasteiger partial charge in [0.2, 0.25) is 0 Å². The molecule has 0 aliphatic heterocycles. The molecule has 0 saturated heterocycles. The number of hydrogen-bond donors (Lipinski definition) is 0. The molecule has 69 heavy (non-hydrogen) atoms. The zero-order chi connectivity index (χ0) is 45.2. The van der Waals surface area contributed by atoms with Gasteiger partial charge in [-0.15, -0.1) is 11.3 Å². The molecule has 1 aromatic heterocycles. The lowest BCUT2D eigenvalue weighted by molar-refractivity contribution is 0.794. The van der Waals surface area contributed by atoms with Gasteiger partial charge in [0, 0.05) is 37.1 Å². The number of thiophene rings is 1. The summed E-state index contributed by atoms with van der Waals surface area (Å²) in [7, 11) is 0. The number of anilines is 3. The fraction of sp³-hybridized carbons (Fsp3) is 0.0149. The van der Waals surface area contributed by atoms with E-state index >= 15 is 0 Å². The van der Waals surface area contributed by atoms with Crippen molar-refractivity contribution in [1.82, 2.24) is 0 Å². The van der Waals surface area contributed by atoms with Crippen LogP contribution in [0.5, 0.6) is 0 Å². The zero-order valence-corrected chi connectivity index (χ0v) is 38.3. The third-order valence-electron chi connectivity index (χ3n) is 15.2. The minimum atomic E-state index is -0.516. The molecule has 0 N–H and O–H groups in total. The third-order valence-corrected chi connectivity index (χ3v) is 16.4. The average molecular weight is 892 g/mol. The summed E-state index contributed by atoms with van der Waals surface area (Å²) < 4.78 is 2.60.